The van der Waals surface area contributed by atoms with Gasteiger partial charge in [0.2, 0.25) is 41.4 Å². The van der Waals surface area contributed by atoms with Crippen LogP contribution >= 0.6 is 21.6 Å². The largest absolute Gasteiger partial charge is 0.508 e. The summed E-state index contributed by atoms with van der Waals surface area (Å²) >= 11 is 0. The van der Waals surface area contributed by atoms with E-state index in [0.717, 1.165) is 38.1 Å². The number of nitrogens with one attached hydrogen (secondary N) is 8. The molecule has 1 saturated heterocycles. The van der Waals surface area contributed by atoms with E-state index in [2.05, 4.69) is 42.2 Å². The minimum atomic E-state index is -1.68. The maximum atomic E-state index is 14.7. The number of carbonyl (C=O) groups excluding carboxylic acids is 7. The summed E-state index contributed by atoms with van der Waals surface area (Å²) in [4.78, 5) is 103. The first-order chi connectivity index (χ1) is 34.5. The number of phenolic OH excluding ortho intramolecular Hbond substituents is 1. The molecule has 1 aliphatic rings. The molecule has 0 radical (unpaired) electrons. The van der Waals surface area contributed by atoms with Gasteiger partial charge in [-0.25, -0.2) is 0 Å². The molecular weight excluding hydrogens is 969 g/mol. The molecule has 0 unspecified atom stereocenters. The van der Waals surface area contributed by atoms with Gasteiger partial charge in [-0.05, 0) is 81.0 Å². The van der Waals surface area contributed by atoms with E-state index in [1.165, 1.54) is 26.0 Å². The summed E-state index contributed by atoms with van der Waals surface area (Å²) in [6.07, 6.45) is -0.426. The molecular formula is C49H66N10O11S2. The number of nitrogens with two attached hydrogens (primary N) is 2. The normalized spacial score (nSPS) is 22.7. The molecule has 0 aliphatic carbocycles. The lowest BCUT2D eigenvalue weighted by atomic mass is 10.0. The number of aromatic amines is 1. The first-order valence-corrected chi connectivity index (χ1v) is 26.1. The summed E-state index contributed by atoms with van der Waals surface area (Å²) in [5.74, 6) is -6.33. The predicted molar refractivity (Wildman–Crippen MR) is 274 cm³/mol. The highest BCUT2D eigenvalue weighted by atomic mass is 33.1. The van der Waals surface area contributed by atoms with Crippen molar-refractivity contribution in [1.82, 2.24) is 42.2 Å². The van der Waals surface area contributed by atoms with Crippen molar-refractivity contribution in [1.29, 1.82) is 0 Å². The Bertz CT molecular complexity index is 2450. The van der Waals surface area contributed by atoms with Crippen LogP contribution in [0, 0.1) is 0 Å². The third-order valence-electron chi connectivity index (χ3n) is 11.9. The Morgan fingerprint density at radius 3 is 2.03 bits per heavy atom. The fourth-order valence-corrected chi connectivity index (χ4v) is 10.1. The highest BCUT2D eigenvalue weighted by Crippen LogP contribution is 2.24. The fraction of sp³-hybridized carbons (Fsp3) is 0.449. The summed E-state index contributed by atoms with van der Waals surface area (Å²) in [6, 6.07) is 11.3. The number of amides is 7. The molecule has 1 aromatic heterocycles. The van der Waals surface area contributed by atoms with E-state index in [9.17, 15) is 54.0 Å². The molecule has 390 valence electrons. The van der Waals surface area contributed by atoms with Crippen LogP contribution in [0.1, 0.15) is 49.8 Å². The predicted octanol–water partition coefficient (Wildman–Crippen LogP) is -1.10. The van der Waals surface area contributed by atoms with Crippen LogP contribution in [-0.2, 0) is 52.8 Å². The minimum absolute atomic E-state index is 0.0130. The van der Waals surface area contributed by atoms with Gasteiger partial charge < -0.3 is 74.1 Å². The Kier molecular flexibility index (Phi) is 22.2. The third kappa shape index (κ3) is 17.0. The Morgan fingerprint density at radius 2 is 1.36 bits per heavy atom. The van der Waals surface area contributed by atoms with Crippen molar-refractivity contribution in [3.63, 3.8) is 0 Å². The van der Waals surface area contributed by atoms with Crippen molar-refractivity contribution in [3.8, 4) is 5.75 Å². The molecule has 5 rings (SSSR count). The first kappa shape index (κ1) is 56.7. The number of aliphatic hydroxyl groups is 3. The van der Waals surface area contributed by atoms with Crippen LogP contribution in [0.25, 0.3) is 10.9 Å². The number of aromatic hydroxyl groups is 1. The van der Waals surface area contributed by atoms with Gasteiger partial charge in [0.05, 0.1) is 30.9 Å². The van der Waals surface area contributed by atoms with Crippen molar-refractivity contribution in [3.05, 3.63) is 102 Å². The van der Waals surface area contributed by atoms with E-state index in [0.29, 0.717) is 24.0 Å². The van der Waals surface area contributed by atoms with Crippen molar-refractivity contribution < 1.29 is 54.0 Å². The molecule has 0 bridgehead atoms. The number of unbranched alkanes of at least 4 members (excludes halogenated alkanes) is 1. The van der Waals surface area contributed by atoms with Crippen molar-refractivity contribution in [2.45, 2.75) is 113 Å². The van der Waals surface area contributed by atoms with Gasteiger partial charge in [-0.2, -0.15) is 0 Å². The van der Waals surface area contributed by atoms with Crippen molar-refractivity contribution in [2.75, 3.05) is 24.7 Å². The molecule has 16 N–H and O–H groups in total. The summed E-state index contributed by atoms with van der Waals surface area (Å²) in [5, 5.41) is 60.4. The number of fused-ring (bicyclic) bond motifs is 1. The number of phenols is 1. The fourth-order valence-electron chi connectivity index (χ4n) is 7.75. The Labute approximate surface area is 424 Å². The molecule has 0 spiro atoms. The SMILES string of the molecule is C[C@@H](O)[C@@H]1NC(=O)[C@H](CCCCN)NC(=O)[C@@H](Cc2c[nH]c3ccccc23)NC(=O)[C@@H](Cc2ccc(O)cc2)NC(=O)[C@@H](NC(=O)[C@H](N)Cc2ccccc2)CSSC[C@@H](C(=O)N[C@H](CO)[C@@H](C)O)NC1=O. The molecule has 23 heteroatoms. The minimum Gasteiger partial charge on any atom is -0.508 e. The summed E-state index contributed by atoms with van der Waals surface area (Å²) in [5.41, 5.74) is 14.8. The average molecular weight is 1040 g/mol. The smallest absolute Gasteiger partial charge is 0.245 e. The number of aromatic nitrogens is 1. The van der Waals surface area contributed by atoms with E-state index in [1.54, 1.807) is 48.7 Å². The van der Waals surface area contributed by atoms with Crippen LogP contribution < -0.4 is 48.7 Å². The van der Waals surface area contributed by atoms with E-state index in [1.807, 2.05) is 24.3 Å². The maximum absolute atomic E-state index is 14.7. The van der Waals surface area contributed by atoms with E-state index >= 15 is 0 Å². The van der Waals surface area contributed by atoms with Gasteiger partial charge in [0.1, 0.15) is 42.0 Å². The third-order valence-corrected chi connectivity index (χ3v) is 14.4. The first-order valence-electron chi connectivity index (χ1n) is 23.6. The summed E-state index contributed by atoms with van der Waals surface area (Å²) in [7, 11) is 2.01. The molecule has 4 aromatic rings. The molecule has 1 fully saturated rings. The van der Waals surface area contributed by atoms with E-state index in [4.69, 9.17) is 11.5 Å². The van der Waals surface area contributed by atoms with Gasteiger partial charge in [0.15, 0.2) is 0 Å². The Balaban J connectivity index is 1.57. The van der Waals surface area contributed by atoms with Gasteiger partial charge in [-0.3, -0.25) is 33.6 Å². The zero-order chi connectivity index (χ0) is 52.3. The number of benzene rings is 3. The standard InChI is InChI=1S/C49H66N10O11S2/c1-27(61)39(24-60)56-48(69)41-26-72-71-25-40(57-43(64)34(51)20-29-10-4-3-5-11-29)47(68)54-37(21-30-15-17-32(63)18-16-30)45(66)55-38(22-31-23-52-35-13-7-6-12-33(31)35)46(67)53-36(14-8-9-19-50)44(65)59-42(28(2)62)49(70)58-41/h3-7,10-13,15-18,23,27-28,34,36-42,52,60-63H,8-9,14,19-22,24-26,50-51H2,1-2H3,(H,53,67)(H,54,68)(H,55,66)(H,56,69)(H,57,64)(H,58,70)(H,59,65)/t27-,28-,34-,36+,37-,38-,39-,40+,41+,42+/m1/s1. The lowest BCUT2D eigenvalue weighted by molar-refractivity contribution is -0.136. The van der Waals surface area contributed by atoms with Crippen LogP contribution in [0.15, 0.2) is 85.1 Å². The topological polar surface area (TPSA) is 352 Å². The number of H-pyrrole nitrogens is 1. The second kappa shape index (κ2) is 28.1. The molecule has 1 aliphatic heterocycles. The van der Waals surface area contributed by atoms with Crippen molar-refractivity contribution in [2.24, 2.45) is 11.5 Å². The van der Waals surface area contributed by atoms with Gasteiger partial charge in [0, 0.05) is 41.4 Å². The van der Waals surface area contributed by atoms with Crippen LogP contribution in [0.2, 0.25) is 0 Å². The highest BCUT2D eigenvalue weighted by Gasteiger charge is 2.36. The summed E-state index contributed by atoms with van der Waals surface area (Å²) < 4.78 is 0. The Morgan fingerprint density at radius 1 is 0.736 bits per heavy atom. The average Bonchev–Trinajstić information content (AvgIpc) is 3.77. The van der Waals surface area contributed by atoms with Gasteiger partial charge in [0.25, 0.3) is 0 Å². The van der Waals surface area contributed by atoms with Crippen LogP contribution in [0.5, 0.6) is 5.75 Å². The second-order valence-electron chi connectivity index (χ2n) is 17.7. The summed E-state index contributed by atoms with van der Waals surface area (Å²) in [6.45, 7) is 2.18. The molecule has 72 heavy (non-hydrogen) atoms. The van der Waals surface area contributed by atoms with Crippen LogP contribution in [-0.4, -0.2) is 152 Å². The van der Waals surface area contributed by atoms with Crippen LogP contribution in [0.3, 0.4) is 0 Å². The molecule has 10 atom stereocenters. The number of para-hydroxylation sites is 1. The zero-order valence-electron chi connectivity index (χ0n) is 40.0. The molecule has 0 saturated carbocycles. The van der Waals surface area contributed by atoms with Crippen molar-refractivity contribution >= 4 is 73.8 Å². The molecule has 2 heterocycles. The number of aliphatic hydroxyl groups excluding tert-OH is 3. The van der Waals surface area contributed by atoms with Gasteiger partial charge in [-0.1, -0.05) is 82.3 Å². The second-order valence-corrected chi connectivity index (χ2v) is 20.2. The highest BCUT2D eigenvalue weighted by molar-refractivity contribution is 8.76. The van der Waals surface area contributed by atoms with Gasteiger partial charge in [-0.15, -0.1) is 0 Å². The lowest BCUT2D eigenvalue weighted by Gasteiger charge is -2.29. The number of rotatable bonds is 17. The molecule has 21 nitrogen and oxygen atoms in total. The zero-order valence-corrected chi connectivity index (χ0v) is 41.7. The molecule has 3 aromatic carbocycles. The lowest BCUT2D eigenvalue weighted by Crippen LogP contribution is -2.62. The van der Waals surface area contributed by atoms with Gasteiger partial charge >= 0.3 is 0 Å². The monoisotopic (exact) mass is 1030 g/mol. The Hall–Kier alpha value is -6.21. The van der Waals surface area contributed by atoms with E-state index < -0.39 is 108 Å². The number of hydrogen-bond acceptors (Lipinski definition) is 15. The van der Waals surface area contributed by atoms with Crippen LogP contribution in [0.4, 0.5) is 0 Å². The number of carbonyl (C=O) groups is 7. The maximum Gasteiger partial charge on any atom is 0.245 e. The quantitative estimate of drug-likeness (QED) is 0.0441. The van der Waals surface area contributed by atoms with E-state index in [-0.39, 0.29) is 49.5 Å². The molecule has 7 amide bonds. The number of hydrogen-bond donors (Lipinski definition) is 14.